The summed E-state index contributed by atoms with van der Waals surface area (Å²) < 4.78 is 20.9. The summed E-state index contributed by atoms with van der Waals surface area (Å²) in [5.41, 5.74) is -2.27. The lowest BCUT2D eigenvalue weighted by Gasteiger charge is -2.28. The predicted octanol–water partition coefficient (Wildman–Crippen LogP) is 0.318. The zero-order chi connectivity index (χ0) is 15.1. The first kappa shape index (κ1) is 15.2. The molecule has 1 fully saturated rings. The van der Waals surface area contributed by atoms with Crippen molar-refractivity contribution in [2.45, 2.75) is 31.8 Å². The number of H-pyrrole nitrogens is 1. The number of hydrogen-bond donors (Lipinski definition) is 2. The van der Waals surface area contributed by atoms with Gasteiger partial charge in [0.15, 0.2) is 12.4 Å². The molecule has 0 aliphatic carbocycles. The van der Waals surface area contributed by atoms with E-state index in [1.54, 1.807) is 6.92 Å². The van der Waals surface area contributed by atoms with Gasteiger partial charge < -0.3 is 9.84 Å². The van der Waals surface area contributed by atoms with Gasteiger partial charge in [0.1, 0.15) is 5.60 Å². The minimum atomic E-state index is -1.52. The summed E-state index contributed by atoms with van der Waals surface area (Å²) in [4.78, 5) is 25.2. The minimum absolute atomic E-state index is 0.0985. The van der Waals surface area contributed by atoms with Crippen molar-refractivity contribution in [2.24, 2.45) is 5.92 Å². The molecule has 2 rings (SSSR count). The van der Waals surface area contributed by atoms with Crippen molar-refractivity contribution in [3.05, 3.63) is 32.6 Å². The Kier molecular flexibility index (Phi) is 4.04. The lowest BCUT2D eigenvalue weighted by molar-refractivity contribution is -0.101. The average molecular weight is 307 g/mol. The molecule has 0 spiro atoms. The van der Waals surface area contributed by atoms with Crippen LogP contribution < -0.4 is 11.2 Å². The maximum atomic E-state index is 14.4. The Morgan fingerprint density at radius 1 is 1.60 bits per heavy atom. The first-order chi connectivity index (χ1) is 9.36. The zero-order valence-electron chi connectivity index (χ0n) is 11.1. The largest absolute Gasteiger partial charge is 0.393 e. The molecule has 1 aromatic heterocycles. The second kappa shape index (κ2) is 5.31. The van der Waals surface area contributed by atoms with Gasteiger partial charge in [0.2, 0.25) is 0 Å². The molecule has 0 amide bonds. The Labute approximate surface area is 119 Å². The third kappa shape index (κ3) is 2.19. The molecule has 4 atom stereocenters. The van der Waals surface area contributed by atoms with Gasteiger partial charge in [-0.15, -0.1) is 11.6 Å². The fourth-order valence-corrected chi connectivity index (χ4v) is 2.70. The smallest absolute Gasteiger partial charge is 0.330 e. The molecular weight excluding hydrogens is 291 g/mol. The number of aromatic amines is 1. The number of aromatic nitrogens is 2. The molecule has 2 heterocycles. The molecule has 0 bridgehead atoms. The van der Waals surface area contributed by atoms with E-state index in [1.165, 1.54) is 13.1 Å². The van der Waals surface area contributed by atoms with Crippen molar-refractivity contribution < 1.29 is 14.2 Å². The van der Waals surface area contributed by atoms with E-state index in [0.717, 1.165) is 4.57 Å². The van der Waals surface area contributed by atoms with Crippen molar-refractivity contribution in [2.75, 3.05) is 12.5 Å². The van der Waals surface area contributed by atoms with E-state index < -0.39 is 41.8 Å². The molecule has 0 radical (unpaired) electrons. The second-order valence-electron chi connectivity index (χ2n) is 5.08. The summed E-state index contributed by atoms with van der Waals surface area (Å²) >= 11 is 5.78. The Balaban J connectivity index is 2.47. The molecule has 2 N–H and O–H groups in total. The summed E-state index contributed by atoms with van der Waals surface area (Å²) in [5, 5.41) is 9.42. The lowest BCUT2D eigenvalue weighted by atomic mass is 9.90. The van der Waals surface area contributed by atoms with Gasteiger partial charge in [-0.2, -0.15) is 0 Å². The van der Waals surface area contributed by atoms with Gasteiger partial charge in [0.25, 0.3) is 5.56 Å². The molecule has 0 saturated carbocycles. The van der Waals surface area contributed by atoms with Crippen molar-refractivity contribution >= 4 is 11.6 Å². The topological polar surface area (TPSA) is 84.3 Å². The molecule has 1 aliphatic rings. The molecule has 0 aromatic carbocycles. The van der Waals surface area contributed by atoms with Crippen LogP contribution in [0.5, 0.6) is 0 Å². The van der Waals surface area contributed by atoms with Crippen molar-refractivity contribution in [1.29, 1.82) is 0 Å². The van der Waals surface area contributed by atoms with Crippen LogP contribution in [-0.2, 0) is 4.74 Å². The third-order valence-electron chi connectivity index (χ3n) is 3.85. The van der Waals surface area contributed by atoms with Gasteiger partial charge >= 0.3 is 5.69 Å². The Morgan fingerprint density at radius 2 is 2.25 bits per heavy atom. The van der Waals surface area contributed by atoms with Gasteiger partial charge in [0, 0.05) is 17.7 Å². The van der Waals surface area contributed by atoms with Crippen molar-refractivity contribution in [1.82, 2.24) is 9.55 Å². The summed E-state index contributed by atoms with van der Waals surface area (Å²) in [6.45, 7) is 2.61. The normalized spacial score (nSPS) is 33.5. The van der Waals surface area contributed by atoms with Crippen LogP contribution in [0.1, 0.15) is 18.7 Å². The number of aryl methyl sites for hydroxylation is 1. The fraction of sp³-hybridized carbons (Fsp3) is 0.667. The van der Waals surface area contributed by atoms with Crippen molar-refractivity contribution in [3.63, 3.8) is 0 Å². The quantitative estimate of drug-likeness (QED) is 0.788. The summed E-state index contributed by atoms with van der Waals surface area (Å²) in [6.07, 6.45) is -1.50. The molecule has 0 unspecified atom stereocenters. The number of nitrogens with zero attached hydrogens (tertiary/aromatic N) is 1. The van der Waals surface area contributed by atoms with Crippen LogP contribution in [0, 0.1) is 12.8 Å². The standard InChI is InChI=1S/C12H16ClFN2O4/c1-6-3-16(11(19)15-9(6)18)10-8(14)7(2)12(4-13,5-17)20-10/h3,7-8,10,17H,4-5H2,1-2H3,(H,15,18,19)/t7-,8-,10+,12+/m0/s1. The van der Waals surface area contributed by atoms with E-state index in [2.05, 4.69) is 4.98 Å². The third-order valence-corrected chi connectivity index (χ3v) is 4.30. The van der Waals surface area contributed by atoms with E-state index in [-0.39, 0.29) is 11.4 Å². The van der Waals surface area contributed by atoms with Gasteiger partial charge in [0.05, 0.1) is 12.5 Å². The van der Waals surface area contributed by atoms with E-state index in [4.69, 9.17) is 16.3 Å². The number of rotatable bonds is 3. The predicted molar refractivity (Wildman–Crippen MR) is 70.8 cm³/mol. The van der Waals surface area contributed by atoms with Crippen LogP contribution in [0.4, 0.5) is 4.39 Å². The van der Waals surface area contributed by atoms with Gasteiger partial charge in [-0.1, -0.05) is 6.92 Å². The van der Waals surface area contributed by atoms with Crippen LogP contribution >= 0.6 is 11.6 Å². The average Bonchev–Trinajstić information content (AvgIpc) is 2.68. The van der Waals surface area contributed by atoms with E-state index in [0.29, 0.717) is 0 Å². The highest BCUT2D eigenvalue weighted by atomic mass is 35.5. The second-order valence-corrected chi connectivity index (χ2v) is 5.34. The Hall–Kier alpha value is -1.18. The molecule has 1 aliphatic heterocycles. The monoisotopic (exact) mass is 306 g/mol. The maximum Gasteiger partial charge on any atom is 0.330 e. The van der Waals surface area contributed by atoms with E-state index >= 15 is 0 Å². The number of halogens is 2. The Morgan fingerprint density at radius 3 is 2.75 bits per heavy atom. The summed E-state index contributed by atoms with van der Waals surface area (Å²) in [5.74, 6) is -0.785. The first-order valence-corrected chi connectivity index (χ1v) is 6.70. The highest BCUT2D eigenvalue weighted by Gasteiger charge is 2.53. The minimum Gasteiger partial charge on any atom is -0.393 e. The summed E-state index contributed by atoms with van der Waals surface area (Å²) in [6, 6.07) is 0. The molecule has 1 aromatic rings. The fourth-order valence-electron chi connectivity index (χ4n) is 2.31. The highest BCUT2D eigenvalue weighted by molar-refractivity contribution is 6.18. The molecule has 6 nitrogen and oxygen atoms in total. The molecule has 112 valence electrons. The van der Waals surface area contributed by atoms with Crippen molar-refractivity contribution in [3.8, 4) is 0 Å². The van der Waals surface area contributed by atoms with Crippen LogP contribution in [0.15, 0.2) is 15.8 Å². The molecular formula is C12H16ClFN2O4. The van der Waals surface area contributed by atoms with Gasteiger partial charge in [-0.05, 0) is 6.92 Å². The lowest BCUT2D eigenvalue weighted by Crippen LogP contribution is -2.42. The highest BCUT2D eigenvalue weighted by Crippen LogP contribution is 2.43. The maximum absolute atomic E-state index is 14.4. The van der Waals surface area contributed by atoms with E-state index in [1.807, 2.05) is 0 Å². The van der Waals surface area contributed by atoms with E-state index in [9.17, 15) is 19.1 Å². The van der Waals surface area contributed by atoms with Crippen LogP contribution in [0.3, 0.4) is 0 Å². The number of nitrogens with one attached hydrogen (secondary N) is 1. The number of aliphatic hydroxyl groups is 1. The molecule has 20 heavy (non-hydrogen) atoms. The van der Waals surface area contributed by atoms with Crippen LogP contribution in [0.25, 0.3) is 0 Å². The first-order valence-electron chi connectivity index (χ1n) is 6.17. The molecule has 1 saturated heterocycles. The number of alkyl halides is 2. The van der Waals surface area contributed by atoms with Crippen LogP contribution in [-0.4, -0.2) is 38.9 Å². The van der Waals surface area contributed by atoms with Gasteiger partial charge in [-0.3, -0.25) is 14.3 Å². The number of hydrogen-bond acceptors (Lipinski definition) is 4. The zero-order valence-corrected chi connectivity index (χ0v) is 11.9. The number of ether oxygens (including phenoxy) is 1. The molecule has 8 heteroatoms. The SMILES string of the molecule is Cc1cn([C@@H]2O[C@@](CO)(CCl)[C@@H](C)[C@@H]2F)c(=O)[nH]c1=O. The Bertz CT molecular complexity index is 610. The number of aliphatic hydroxyl groups excluding tert-OH is 1. The van der Waals surface area contributed by atoms with Gasteiger partial charge in [-0.25, -0.2) is 9.18 Å². The summed E-state index contributed by atoms with van der Waals surface area (Å²) in [7, 11) is 0. The van der Waals surface area contributed by atoms with Crippen LogP contribution in [0.2, 0.25) is 0 Å².